The second-order valence-electron chi connectivity index (χ2n) is 6.80. The van der Waals surface area contributed by atoms with Gasteiger partial charge in [-0.3, -0.25) is 0 Å². The van der Waals surface area contributed by atoms with Crippen LogP contribution in [0.15, 0.2) is 54.9 Å². The van der Waals surface area contributed by atoms with Crippen LogP contribution in [0.5, 0.6) is 0 Å². The monoisotopic (exact) mass is 356 g/mol. The van der Waals surface area contributed by atoms with Crippen molar-refractivity contribution in [2.24, 2.45) is 0 Å². The molecule has 0 saturated carbocycles. The smallest absolute Gasteiger partial charge is 0.152 e. The van der Waals surface area contributed by atoms with Gasteiger partial charge in [-0.25, -0.2) is 13.4 Å². The molecule has 0 N–H and O–H groups in total. The molecule has 3 rings (SSSR count). The van der Waals surface area contributed by atoms with Crippen molar-refractivity contribution < 1.29 is 8.42 Å². The third kappa shape index (κ3) is 3.76. The third-order valence-electron chi connectivity index (χ3n) is 4.74. The fourth-order valence-corrected chi connectivity index (χ4v) is 4.03. The SMILES string of the molecule is CC(C)S(=O)(=O)CC[C@H](C)c1ccc(-n2ccc3cccnc32)cc1. The average molecular weight is 356 g/mol. The Hall–Kier alpha value is -2.14. The number of nitrogens with zero attached hydrogens (tertiary/aromatic N) is 2. The fraction of sp³-hybridized carbons (Fsp3) is 0.350. The second kappa shape index (κ2) is 7.00. The van der Waals surface area contributed by atoms with Gasteiger partial charge in [-0.2, -0.15) is 0 Å². The number of pyridine rings is 1. The molecule has 25 heavy (non-hydrogen) atoms. The lowest BCUT2D eigenvalue weighted by molar-refractivity contribution is 0.580. The van der Waals surface area contributed by atoms with Gasteiger partial charge in [-0.1, -0.05) is 19.1 Å². The van der Waals surface area contributed by atoms with E-state index in [0.29, 0.717) is 6.42 Å². The molecule has 2 heterocycles. The molecule has 5 heteroatoms. The Morgan fingerprint density at radius 1 is 1.04 bits per heavy atom. The Labute approximate surface area is 149 Å². The maximum atomic E-state index is 12.0. The van der Waals surface area contributed by atoms with Crippen molar-refractivity contribution in [2.45, 2.75) is 38.4 Å². The van der Waals surface area contributed by atoms with Crippen LogP contribution in [-0.2, 0) is 9.84 Å². The molecule has 0 aliphatic rings. The van der Waals surface area contributed by atoms with Crippen LogP contribution in [0.1, 0.15) is 38.7 Å². The molecule has 1 atom stereocenters. The summed E-state index contributed by atoms with van der Waals surface area (Å²) in [7, 11) is -2.98. The van der Waals surface area contributed by atoms with Crippen LogP contribution >= 0.6 is 0 Å². The van der Waals surface area contributed by atoms with Crippen LogP contribution in [0, 0.1) is 0 Å². The summed E-state index contributed by atoms with van der Waals surface area (Å²) < 4.78 is 26.0. The van der Waals surface area contributed by atoms with E-state index in [0.717, 1.165) is 22.3 Å². The first-order valence-corrected chi connectivity index (χ1v) is 10.3. The van der Waals surface area contributed by atoms with Crippen molar-refractivity contribution in [1.29, 1.82) is 0 Å². The summed E-state index contributed by atoms with van der Waals surface area (Å²) in [5, 5.41) is 0.801. The number of aromatic nitrogens is 2. The molecule has 0 unspecified atom stereocenters. The lowest BCUT2D eigenvalue weighted by atomic mass is 9.98. The Balaban J connectivity index is 1.76. The van der Waals surface area contributed by atoms with E-state index < -0.39 is 9.84 Å². The first-order valence-electron chi connectivity index (χ1n) is 8.62. The quantitative estimate of drug-likeness (QED) is 0.660. The average Bonchev–Trinajstić information content (AvgIpc) is 3.04. The lowest BCUT2D eigenvalue weighted by Gasteiger charge is -2.14. The van der Waals surface area contributed by atoms with Crippen LogP contribution in [-0.4, -0.2) is 29.0 Å². The van der Waals surface area contributed by atoms with Crippen molar-refractivity contribution in [2.75, 3.05) is 5.75 Å². The van der Waals surface area contributed by atoms with Crippen LogP contribution in [0.4, 0.5) is 0 Å². The van der Waals surface area contributed by atoms with Gasteiger partial charge < -0.3 is 4.57 Å². The van der Waals surface area contributed by atoms with E-state index in [1.807, 2.05) is 18.3 Å². The Kier molecular flexibility index (Phi) is 4.95. The molecular formula is C20H24N2O2S. The standard InChI is InChI=1S/C20H24N2O2S/c1-15(2)25(23,24)14-11-16(3)17-6-8-19(9-7-17)22-13-10-18-5-4-12-21-20(18)22/h4-10,12-13,15-16H,11,14H2,1-3H3/t16-/m0/s1. The minimum Gasteiger partial charge on any atom is -0.301 e. The van der Waals surface area contributed by atoms with Crippen molar-refractivity contribution in [3.8, 4) is 5.69 Å². The topological polar surface area (TPSA) is 52.0 Å². The summed E-state index contributed by atoms with van der Waals surface area (Å²) in [6, 6.07) is 14.3. The molecule has 3 aromatic rings. The fourth-order valence-electron chi connectivity index (χ4n) is 2.88. The van der Waals surface area contributed by atoms with E-state index in [-0.39, 0.29) is 16.9 Å². The molecule has 2 aromatic heterocycles. The number of fused-ring (bicyclic) bond motifs is 1. The van der Waals surface area contributed by atoms with E-state index in [1.54, 1.807) is 20.0 Å². The normalized spacial score (nSPS) is 13.4. The minimum absolute atomic E-state index is 0.210. The first-order chi connectivity index (χ1) is 11.9. The molecule has 0 aliphatic heterocycles. The van der Waals surface area contributed by atoms with Crippen molar-refractivity contribution in [3.05, 3.63) is 60.4 Å². The summed E-state index contributed by atoms with van der Waals surface area (Å²) in [6.45, 7) is 5.56. The molecule has 0 aliphatic carbocycles. The van der Waals surface area contributed by atoms with E-state index in [2.05, 4.69) is 46.8 Å². The molecule has 0 amide bonds. The van der Waals surface area contributed by atoms with Crippen LogP contribution in [0.3, 0.4) is 0 Å². The molecule has 0 fully saturated rings. The summed E-state index contributed by atoms with van der Waals surface area (Å²) >= 11 is 0. The summed E-state index contributed by atoms with van der Waals surface area (Å²) in [4.78, 5) is 4.44. The molecule has 1 aromatic carbocycles. The second-order valence-corrected chi connectivity index (χ2v) is 9.48. The van der Waals surface area contributed by atoms with Gasteiger partial charge in [0.2, 0.25) is 0 Å². The van der Waals surface area contributed by atoms with Gasteiger partial charge in [0.25, 0.3) is 0 Å². The third-order valence-corrected chi connectivity index (χ3v) is 6.98. The minimum atomic E-state index is -2.98. The van der Waals surface area contributed by atoms with Crippen molar-refractivity contribution in [1.82, 2.24) is 9.55 Å². The molecule has 132 valence electrons. The zero-order valence-electron chi connectivity index (χ0n) is 14.9. The predicted molar refractivity (Wildman–Crippen MR) is 103 cm³/mol. The highest BCUT2D eigenvalue weighted by Crippen LogP contribution is 2.24. The van der Waals surface area contributed by atoms with Gasteiger partial charge in [-0.15, -0.1) is 0 Å². The number of benzene rings is 1. The number of hydrogen-bond donors (Lipinski definition) is 0. The van der Waals surface area contributed by atoms with Crippen molar-refractivity contribution in [3.63, 3.8) is 0 Å². The van der Waals surface area contributed by atoms with Crippen LogP contribution < -0.4 is 0 Å². The molecule has 0 spiro atoms. The highest BCUT2D eigenvalue weighted by Gasteiger charge is 2.18. The molecule has 0 bridgehead atoms. The first kappa shape index (κ1) is 17.7. The van der Waals surface area contributed by atoms with E-state index in [4.69, 9.17) is 0 Å². The summed E-state index contributed by atoms with van der Waals surface area (Å²) in [5.41, 5.74) is 3.15. The van der Waals surface area contributed by atoms with E-state index in [1.165, 1.54) is 0 Å². The number of sulfone groups is 1. The van der Waals surface area contributed by atoms with Gasteiger partial charge in [0.1, 0.15) is 5.65 Å². The van der Waals surface area contributed by atoms with Gasteiger partial charge >= 0.3 is 0 Å². The van der Waals surface area contributed by atoms with Crippen LogP contribution in [0.25, 0.3) is 16.7 Å². The lowest BCUT2D eigenvalue weighted by Crippen LogP contribution is -2.18. The van der Waals surface area contributed by atoms with Crippen LogP contribution in [0.2, 0.25) is 0 Å². The highest BCUT2D eigenvalue weighted by atomic mass is 32.2. The number of rotatable bonds is 6. The van der Waals surface area contributed by atoms with Gasteiger partial charge in [0.05, 0.1) is 11.0 Å². The van der Waals surface area contributed by atoms with Crippen molar-refractivity contribution >= 4 is 20.9 Å². The molecule has 0 saturated heterocycles. The molecule has 0 radical (unpaired) electrons. The zero-order chi connectivity index (χ0) is 18.0. The Morgan fingerprint density at radius 2 is 1.76 bits per heavy atom. The van der Waals surface area contributed by atoms with E-state index >= 15 is 0 Å². The maximum Gasteiger partial charge on any atom is 0.152 e. The Morgan fingerprint density at radius 3 is 2.44 bits per heavy atom. The zero-order valence-corrected chi connectivity index (χ0v) is 15.7. The number of hydrogen-bond acceptors (Lipinski definition) is 3. The molecule has 4 nitrogen and oxygen atoms in total. The highest BCUT2D eigenvalue weighted by molar-refractivity contribution is 7.91. The Bertz CT molecular complexity index is 957. The largest absolute Gasteiger partial charge is 0.301 e. The maximum absolute atomic E-state index is 12.0. The van der Waals surface area contributed by atoms with Gasteiger partial charge in [0, 0.05) is 23.5 Å². The van der Waals surface area contributed by atoms with Gasteiger partial charge in [0.15, 0.2) is 9.84 Å². The van der Waals surface area contributed by atoms with E-state index in [9.17, 15) is 8.42 Å². The van der Waals surface area contributed by atoms with Gasteiger partial charge in [-0.05, 0) is 62.1 Å². The molecular weight excluding hydrogens is 332 g/mol. The summed E-state index contributed by atoms with van der Waals surface area (Å²) in [5.74, 6) is 0.446. The predicted octanol–water partition coefficient (Wildman–Crippen LogP) is 4.34. The summed E-state index contributed by atoms with van der Waals surface area (Å²) in [6.07, 6.45) is 4.46.